The number of nitrogens with zero attached hydrogens (tertiary/aromatic N) is 1. The molecule has 2 heteroatoms. The van der Waals surface area contributed by atoms with E-state index in [1.807, 2.05) is 0 Å². The van der Waals surface area contributed by atoms with Crippen LogP contribution in [0.25, 0.3) is 0 Å². The first-order chi connectivity index (χ1) is 6.27. The van der Waals surface area contributed by atoms with E-state index in [4.69, 9.17) is 0 Å². The Balaban J connectivity index is 1.96. The average molecular weight is 182 g/mol. The van der Waals surface area contributed by atoms with Crippen LogP contribution in [0, 0.1) is 5.92 Å². The summed E-state index contributed by atoms with van der Waals surface area (Å²) in [5.74, 6) is 0.935. The van der Waals surface area contributed by atoms with Crippen molar-refractivity contribution < 1.29 is 0 Å². The standard InChI is InChI=1S/C11H22N2/c1-9(2)13-7-3-4-11-10(8-13)5-6-12-11/h9-12H,3-8H2,1-2H3. The van der Waals surface area contributed by atoms with Gasteiger partial charge in [0.1, 0.15) is 0 Å². The summed E-state index contributed by atoms with van der Waals surface area (Å²) in [6.07, 6.45) is 4.17. The fourth-order valence-corrected chi connectivity index (χ4v) is 2.75. The largest absolute Gasteiger partial charge is 0.314 e. The van der Waals surface area contributed by atoms with E-state index in [0.29, 0.717) is 0 Å². The molecule has 13 heavy (non-hydrogen) atoms. The van der Waals surface area contributed by atoms with Crippen LogP contribution in [-0.2, 0) is 0 Å². The predicted molar refractivity (Wildman–Crippen MR) is 55.8 cm³/mol. The molecule has 76 valence electrons. The first kappa shape index (κ1) is 9.47. The number of nitrogens with one attached hydrogen (secondary N) is 1. The van der Waals surface area contributed by atoms with Gasteiger partial charge in [-0.15, -0.1) is 0 Å². The van der Waals surface area contributed by atoms with E-state index >= 15 is 0 Å². The van der Waals surface area contributed by atoms with Crippen molar-refractivity contribution in [1.82, 2.24) is 10.2 Å². The quantitative estimate of drug-likeness (QED) is 0.660. The van der Waals surface area contributed by atoms with Gasteiger partial charge >= 0.3 is 0 Å². The molecule has 0 aliphatic carbocycles. The van der Waals surface area contributed by atoms with Crippen molar-refractivity contribution in [2.75, 3.05) is 19.6 Å². The number of hydrogen-bond donors (Lipinski definition) is 1. The van der Waals surface area contributed by atoms with Crippen LogP contribution < -0.4 is 5.32 Å². The smallest absolute Gasteiger partial charge is 0.0108 e. The van der Waals surface area contributed by atoms with E-state index in [1.54, 1.807) is 0 Å². The summed E-state index contributed by atoms with van der Waals surface area (Å²) in [6.45, 7) is 8.54. The van der Waals surface area contributed by atoms with Gasteiger partial charge in [-0.05, 0) is 52.1 Å². The Morgan fingerprint density at radius 1 is 1.31 bits per heavy atom. The van der Waals surface area contributed by atoms with Crippen LogP contribution in [-0.4, -0.2) is 36.6 Å². The van der Waals surface area contributed by atoms with Gasteiger partial charge in [-0.2, -0.15) is 0 Å². The van der Waals surface area contributed by atoms with Crippen molar-refractivity contribution in [2.45, 2.75) is 45.2 Å². The summed E-state index contributed by atoms with van der Waals surface area (Å²) in [6, 6.07) is 1.57. The second kappa shape index (κ2) is 3.97. The number of rotatable bonds is 1. The van der Waals surface area contributed by atoms with Crippen LogP contribution in [0.4, 0.5) is 0 Å². The highest BCUT2D eigenvalue weighted by atomic mass is 15.2. The van der Waals surface area contributed by atoms with Crippen LogP contribution in [0.3, 0.4) is 0 Å². The Hall–Kier alpha value is -0.0800. The second-order valence-corrected chi connectivity index (χ2v) is 4.84. The van der Waals surface area contributed by atoms with Gasteiger partial charge in [0, 0.05) is 18.6 Å². The molecule has 0 saturated carbocycles. The van der Waals surface area contributed by atoms with Gasteiger partial charge in [0.25, 0.3) is 0 Å². The topological polar surface area (TPSA) is 15.3 Å². The Morgan fingerprint density at radius 3 is 2.92 bits per heavy atom. The second-order valence-electron chi connectivity index (χ2n) is 4.84. The third-order valence-electron chi connectivity index (χ3n) is 3.65. The van der Waals surface area contributed by atoms with Crippen LogP contribution >= 0.6 is 0 Å². The lowest BCUT2D eigenvalue weighted by Crippen LogP contribution is -2.36. The van der Waals surface area contributed by atoms with Crippen molar-refractivity contribution >= 4 is 0 Å². The zero-order chi connectivity index (χ0) is 9.26. The van der Waals surface area contributed by atoms with E-state index in [-0.39, 0.29) is 0 Å². The number of fused-ring (bicyclic) bond motifs is 1. The molecule has 0 amide bonds. The van der Waals surface area contributed by atoms with Crippen molar-refractivity contribution in [2.24, 2.45) is 5.92 Å². The van der Waals surface area contributed by atoms with Gasteiger partial charge in [-0.1, -0.05) is 0 Å². The first-order valence-electron chi connectivity index (χ1n) is 5.75. The third-order valence-corrected chi connectivity index (χ3v) is 3.65. The zero-order valence-electron chi connectivity index (χ0n) is 8.92. The fraction of sp³-hybridized carbons (Fsp3) is 1.00. The monoisotopic (exact) mass is 182 g/mol. The molecule has 0 radical (unpaired) electrons. The summed E-state index contributed by atoms with van der Waals surface area (Å²) in [5, 5.41) is 3.63. The SMILES string of the molecule is CC(C)N1CCCC2NCCC2C1. The van der Waals surface area contributed by atoms with Crippen molar-refractivity contribution in [1.29, 1.82) is 0 Å². The Kier molecular flexibility index (Phi) is 2.89. The molecule has 0 bridgehead atoms. The Labute approximate surface area is 81.7 Å². The molecular weight excluding hydrogens is 160 g/mol. The van der Waals surface area contributed by atoms with E-state index in [0.717, 1.165) is 18.0 Å². The Morgan fingerprint density at radius 2 is 2.15 bits per heavy atom. The molecule has 2 unspecified atom stereocenters. The lowest BCUT2D eigenvalue weighted by atomic mass is 9.98. The molecule has 2 atom stereocenters. The highest BCUT2D eigenvalue weighted by Gasteiger charge is 2.31. The number of hydrogen-bond acceptors (Lipinski definition) is 2. The predicted octanol–water partition coefficient (Wildman–Crippen LogP) is 1.47. The van der Waals surface area contributed by atoms with Crippen LogP contribution in [0.5, 0.6) is 0 Å². The molecule has 0 aromatic heterocycles. The van der Waals surface area contributed by atoms with Gasteiger partial charge in [-0.25, -0.2) is 0 Å². The molecule has 0 aromatic carbocycles. The van der Waals surface area contributed by atoms with Gasteiger partial charge in [0.05, 0.1) is 0 Å². The highest BCUT2D eigenvalue weighted by Crippen LogP contribution is 2.25. The van der Waals surface area contributed by atoms with E-state index < -0.39 is 0 Å². The van der Waals surface area contributed by atoms with Crippen molar-refractivity contribution in [3.8, 4) is 0 Å². The minimum Gasteiger partial charge on any atom is -0.314 e. The maximum Gasteiger partial charge on any atom is 0.0108 e. The minimum atomic E-state index is 0.736. The van der Waals surface area contributed by atoms with Crippen LogP contribution in [0.15, 0.2) is 0 Å². The van der Waals surface area contributed by atoms with E-state index in [2.05, 4.69) is 24.1 Å². The molecule has 2 aliphatic heterocycles. The molecule has 0 aromatic rings. The highest BCUT2D eigenvalue weighted by molar-refractivity contribution is 4.88. The summed E-state index contributed by atoms with van der Waals surface area (Å²) in [5.41, 5.74) is 0. The van der Waals surface area contributed by atoms with Crippen LogP contribution in [0.1, 0.15) is 33.1 Å². The Bertz CT molecular complexity index is 167. The first-order valence-corrected chi connectivity index (χ1v) is 5.75. The molecule has 2 nitrogen and oxygen atoms in total. The lowest BCUT2D eigenvalue weighted by molar-refractivity contribution is 0.202. The van der Waals surface area contributed by atoms with Gasteiger partial charge < -0.3 is 10.2 Å². The van der Waals surface area contributed by atoms with Crippen molar-refractivity contribution in [3.63, 3.8) is 0 Å². The van der Waals surface area contributed by atoms with Gasteiger partial charge in [-0.3, -0.25) is 0 Å². The zero-order valence-corrected chi connectivity index (χ0v) is 8.92. The molecule has 2 rings (SSSR count). The summed E-state index contributed by atoms with van der Waals surface area (Å²) in [7, 11) is 0. The molecule has 2 saturated heterocycles. The normalized spacial score (nSPS) is 36.2. The molecule has 1 N–H and O–H groups in total. The van der Waals surface area contributed by atoms with Gasteiger partial charge in [0.15, 0.2) is 0 Å². The van der Waals surface area contributed by atoms with Gasteiger partial charge in [0.2, 0.25) is 0 Å². The molecule has 0 spiro atoms. The maximum atomic E-state index is 3.63. The van der Waals surface area contributed by atoms with Crippen molar-refractivity contribution in [3.05, 3.63) is 0 Å². The summed E-state index contributed by atoms with van der Waals surface area (Å²) in [4.78, 5) is 2.65. The molecule has 2 heterocycles. The summed E-state index contributed by atoms with van der Waals surface area (Å²) < 4.78 is 0. The lowest BCUT2D eigenvalue weighted by Gasteiger charge is -2.27. The molecular formula is C11H22N2. The van der Waals surface area contributed by atoms with Crippen LogP contribution in [0.2, 0.25) is 0 Å². The summed E-state index contributed by atoms with van der Waals surface area (Å²) >= 11 is 0. The number of likely N-dealkylation sites (tertiary alicyclic amines) is 1. The average Bonchev–Trinajstić information content (AvgIpc) is 2.42. The minimum absolute atomic E-state index is 0.736. The maximum absolute atomic E-state index is 3.63. The third kappa shape index (κ3) is 2.05. The molecule has 2 fully saturated rings. The van der Waals surface area contributed by atoms with E-state index in [9.17, 15) is 0 Å². The van der Waals surface area contributed by atoms with E-state index in [1.165, 1.54) is 38.9 Å². The molecule has 2 aliphatic rings. The fourth-order valence-electron chi connectivity index (χ4n) is 2.75.